The maximum atomic E-state index is 3.80. The summed E-state index contributed by atoms with van der Waals surface area (Å²) in [5, 5.41) is 0. The van der Waals surface area contributed by atoms with Gasteiger partial charge in [0.2, 0.25) is 0 Å². The molecule has 0 spiro atoms. The standard InChI is InChI=1S/C14H27N/c1-6-7-8-12-15-13(2,3)10-9-11-14(15,4)5/h6H,1,7-12H2,2-5H3. The Labute approximate surface area is 95.5 Å². The second kappa shape index (κ2) is 4.69. The molecule has 0 aromatic carbocycles. The van der Waals surface area contributed by atoms with Gasteiger partial charge in [-0.15, -0.1) is 6.58 Å². The molecule has 0 aromatic rings. The first-order valence-corrected chi connectivity index (χ1v) is 6.29. The number of hydrogen-bond donors (Lipinski definition) is 0. The minimum Gasteiger partial charge on any atom is -0.293 e. The zero-order valence-corrected chi connectivity index (χ0v) is 11.0. The first-order valence-electron chi connectivity index (χ1n) is 6.29. The van der Waals surface area contributed by atoms with E-state index in [1.54, 1.807) is 0 Å². The summed E-state index contributed by atoms with van der Waals surface area (Å²) in [6.45, 7) is 14.6. The average Bonchev–Trinajstić information content (AvgIpc) is 2.09. The summed E-state index contributed by atoms with van der Waals surface area (Å²) in [7, 11) is 0. The maximum absolute atomic E-state index is 3.80. The Morgan fingerprint density at radius 1 is 1.13 bits per heavy atom. The van der Waals surface area contributed by atoms with Crippen molar-refractivity contribution in [1.29, 1.82) is 0 Å². The van der Waals surface area contributed by atoms with E-state index in [0.29, 0.717) is 11.1 Å². The number of hydrogen-bond acceptors (Lipinski definition) is 1. The van der Waals surface area contributed by atoms with E-state index in [2.05, 4.69) is 39.2 Å². The molecule has 0 atom stereocenters. The van der Waals surface area contributed by atoms with E-state index in [4.69, 9.17) is 0 Å². The van der Waals surface area contributed by atoms with Gasteiger partial charge in [0.05, 0.1) is 0 Å². The highest BCUT2D eigenvalue weighted by Crippen LogP contribution is 2.38. The van der Waals surface area contributed by atoms with Crippen LogP contribution in [0.3, 0.4) is 0 Å². The molecule has 1 fully saturated rings. The molecule has 1 saturated heterocycles. The molecule has 0 unspecified atom stereocenters. The van der Waals surface area contributed by atoms with Crippen molar-refractivity contribution in [3.63, 3.8) is 0 Å². The second-order valence-electron chi connectivity index (χ2n) is 6.06. The van der Waals surface area contributed by atoms with E-state index in [0.717, 1.165) is 6.42 Å². The average molecular weight is 209 g/mol. The van der Waals surface area contributed by atoms with Gasteiger partial charge in [-0.1, -0.05) is 6.08 Å². The second-order valence-corrected chi connectivity index (χ2v) is 6.06. The topological polar surface area (TPSA) is 3.24 Å². The molecule has 1 rings (SSSR count). The van der Waals surface area contributed by atoms with E-state index in [1.165, 1.54) is 32.2 Å². The number of rotatable bonds is 4. The van der Waals surface area contributed by atoms with Crippen molar-refractivity contribution < 1.29 is 0 Å². The third-order valence-electron chi connectivity index (χ3n) is 3.83. The Hall–Kier alpha value is -0.300. The van der Waals surface area contributed by atoms with Crippen LogP contribution in [-0.2, 0) is 0 Å². The fourth-order valence-corrected chi connectivity index (χ4v) is 3.04. The molecule has 0 radical (unpaired) electrons. The SMILES string of the molecule is C=CCCCN1C(C)(C)CCCC1(C)C. The molecular weight excluding hydrogens is 182 g/mol. The lowest BCUT2D eigenvalue weighted by atomic mass is 9.79. The van der Waals surface area contributed by atoms with Crippen LogP contribution in [0, 0.1) is 0 Å². The number of likely N-dealkylation sites (tertiary alicyclic amines) is 1. The normalized spacial score (nSPS) is 25.1. The van der Waals surface area contributed by atoms with Crippen LogP contribution in [0.15, 0.2) is 12.7 Å². The lowest BCUT2D eigenvalue weighted by molar-refractivity contribution is -0.0270. The lowest BCUT2D eigenvalue weighted by Crippen LogP contribution is -2.58. The predicted molar refractivity (Wildman–Crippen MR) is 68.1 cm³/mol. The van der Waals surface area contributed by atoms with E-state index >= 15 is 0 Å². The Balaban J connectivity index is 2.64. The van der Waals surface area contributed by atoms with Crippen LogP contribution in [0.5, 0.6) is 0 Å². The highest BCUT2D eigenvalue weighted by atomic mass is 15.3. The molecule has 1 nitrogen and oxygen atoms in total. The summed E-state index contributed by atoms with van der Waals surface area (Å²) in [5.74, 6) is 0. The molecule has 0 aromatic heterocycles. The third kappa shape index (κ3) is 3.07. The van der Waals surface area contributed by atoms with Crippen LogP contribution < -0.4 is 0 Å². The summed E-state index contributed by atoms with van der Waals surface area (Å²) in [5.41, 5.74) is 0.756. The lowest BCUT2D eigenvalue weighted by Gasteiger charge is -2.53. The molecule has 1 heterocycles. The fraction of sp³-hybridized carbons (Fsp3) is 0.857. The van der Waals surface area contributed by atoms with Gasteiger partial charge in [-0.25, -0.2) is 0 Å². The van der Waals surface area contributed by atoms with Gasteiger partial charge >= 0.3 is 0 Å². The molecule has 88 valence electrons. The van der Waals surface area contributed by atoms with Crippen molar-refractivity contribution in [1.82, 2.24) is 4.90 Å². The molecule has 0 amide bonds. The molecular formula is C14H27N. The maximum Gasteiger partial charge on any atom is 0.0158 e. The first-order chi connectivity index (χ1) is 6.90. The van der Waals surface area contributed by atoms with Crippen molar-refractivity contribution in [2.24, 2.45) is 0 Å². The van der Waals surface area contributed by atoms with Gasteiger partial charge in [0.1, 0.15) is 0 Å². The number of nitrogens with zero attached hydrogens (tertiary/aromatic N) is 1. The molecule has 15 heavy (non-hydrogen) atoms. The summed E-state index contributed by atoms with van der Waals surface area (Å²) in [4.78, 5) is 2.70. The molecule has 0 N–H and O–H groups in total. The van der Waals surface area contributed by atoms with Crippen molar-refractivity contribution in [3.05, 3.63) is 12.7 Å². The minimum atomic E-state index is 0.378. The smallest absolute Gasteiger partial charge is 0.0158 e. The van der Waals surface area contributed by atoms with Crippen LogP contribution in [-0.4, -0.2) is 22.5 Å². The van der Waals surface area contributed by atoms with E-state index in [9.17, 15) is 0 Å². The highest BCUT2D eigenvalue weighted by molar-refractivity contribution is 4.96. The summed E-state index contributed by atoms with van der Waals surface area (Å²) < 4.78 is 0. The van der Waals surface area contributed by atoms with Crippen molar-refractivity contribution in [2.45, 2.75) is 70.9 Å². The highest BCUT2D eigenvalue weighted by Gasteiger charge is 2.40. The van der Waals surface area contributed by atoms with Crippen LogP contribution in [0.25, 0.3) is 0 Å². The Morgan fingerprint density at radius 2 is 1.67 bits per heavy atom. The van der Waals surface area contributed by atoms with Crippen LogP contribution in [0.1, 0.15) is 59.8 Å². The van der Waals surface area contributed by atoms with Gasteiger partial charge < -0.3 is 0 Å². The van der Waals surface area contributed by atoms with Crippen molar-refractivity contribution in [2.75, 3.05) is 6.54 Å². The van der Waals surface area contributed by atoms with Gasteiger partial charge in [0.25, 0.3) is 0 Å². The number of unbranched alkanes of at least 4 members (excludes halogenated alkanes) is 1. The van der Waals surface area contributed by atoms with E-state index in [-0.39, 0.29) is 0 Å². The Morgan fingerprint density at radius 3 is 2.13 bits per heavy atom. The number of piperidine rings is 1. The molecule has 0 bridgehead atoms. The minimum absolute atomic E-state index is 0.378. The number of allylic oxidation sites excluding steroid dienone is 1. The first kappa shape index (κ1) is 12.8. The monoisotopic (exact) mass is 209 g/mol. The van der Waals surface area contributed by atoms with Crippen molar-refractivity contribution >= 4 is 0 Å². The van der Waals surface area contributed by atoms with Crippen LogP contribution >= 0.6 is 0 Å². The molecule has 1 aliphatic heterocycles. The van der Waals surface area contributed by atoms with Gasteiger partial charge in [-0.05, 0) is 66.3 Å². The van der Waals surface area contributed by atoms with Crippen LogP contribution in [0.2, 0.25) is 0 Å². The summed E-state index contributed by atoms with van der Waals surface area (Å²) in [6.07, 6.45) is 8.47. The predicted octanol–water partition coefficient (Wildman–Crippen LogP) is 4.00. The van der Waals surface area contributed by atoms with Crippen molar-refractivity contribution in [3.8, 4) is 0 Å². The third-order valence-corrected chi connectivity index (χ3v) is 3.83. The van der Waals surface area contributed by atoms with Gasteiger partial charge in [-0.3, -0.25) is 4.90 Å². The molecule has 0 saturated carbocycles. The van der Waals surface area contributed by atoms with Gasteiger partial charge in [0, 0.05) is 11.1 Å². The van der Waals surface area contributed by atoms with Gasteiger partial charge in [-0.2, -0.15) is 0 Å². The summed E-state index contributed by atoms with van der Waals surface area (Å²) >= 11 is 0. The zero-order chi connectivity index (χ0) is 11.5. The fourth-order valence-electron chi connectivity index (χ4n) is 3.04. The largest absolute Gasteiger partial charge is 0.293 e. The summed E-state index contributed by atoms with van der Waals surface area (Å²) in [6, 6.07) is 0. The Bertz CT molecular complexity index is 199. The molecule has 1 aliphatic rings. The van der Waals surface area contributed by atoms with E-state index < -0.39 is 0 Å². The Kier molecular flexibility index (Phi) is 3.99. The quantitative estimate of drug-likeness (QED) is 0.500. The van der Waals surface area contributed by atoms with E-state index in [1.807, 2.05) is 6.08 Å². The van der Waals surface area contributed by atoms with Crippen LogP contribution in [0.4, 0.5) is 0 Å². The van der Waals surface area contributed by atoms with Gasteiger partial charge in [0.15, 0.2) is 0 Å². The molecule has 0 aliphatic carbocycles. The molecule has 1 heteroatoms. The zero-order valence-electron chi connectivity index (χ0n) is 11.0.